The van der Waals surface area contributed by atoms with Gasteiger partial charge in [-0.25, -0.2) is 9.78 Å². The first-order valence-electron chi connectivity index (χ1n) is 5.09. The van der Waals surface area contributed by atoms with E-state index in [-0.39, 0.29) is 6.10 Å². The van der Waals surface area contributed by atoms with Crippen LogP contribution < -0.4 is 0 Å². The lowest BCUT2D eigenvalue weighted by Crippen LogP contribution is -2.22. The molecule has 82 valence electrons. The van der Waals surface area contributed by atoms with Gasteiger partial charge >= 0.3 is 0 Å². The molecule has 0 saturated carbocycles. The normalized spacial score (nSPS) is 31.7. The van der Waals surface area contributed by atoms with E-state index in [1.54, 1.807) is 0 Å². The number of epoxide rings is 1. The Labute approximate surface area is 83.1 Å². The topological polar surface area (TPSA) is 49.5 Å². The van der Waals surface area contributed by atoms with Crippen LogP contribution in [0.4, 0.5) is 0 Å². The van der Waals surface area contributed by atoms with Crippen molar-refractivity contribution < 1.29 is 24.3 Å². The van der Waals surface area contributed by atoms with Gasteiger partial charge in [0.2, 0.25) is 0 Å². The summed E-state index contributed by atoms with van der Waals surface area (Å²) in [7, 11) is 0. The molecular formula is C9H16O5. The van der Waals surface area contributed by atoms with Crippen LogP contribution in [0.1, 0.15) is 19.3 Å². The molecule has 2 saturated heterocycles. The van der Waals surface area contributed by atoms with Gasteiger partial charge in [-0.05, 0) is 12.8 Å². The molecule has 2 atom stereocenters. The number of hydrogen-bond donors (Lipinski definition) is 0. The van der Waals surface area contributed by atoms with Gasteiger partial charge < -0.3 is 9.47 Å². The SMILES string of the molecule is C(COCC1CO1)CC1CCOOO1. The molecule has 5 heteroatoms. The Hall–Kier alpha value is -0.200. The third-order valence-corrected chi connectivity index (χ3v) is 2.27. The number of rotatable bonds is 6. The Bertz CT molecular complexity index is 153. The minimum absolute atomic E-state index is 0.157. The summed E-state index contributed by atoms with van der Waals surface area (Å²) in [6.45, 7) is 2.96. The van der Waals surface area contributed by atoms with Crippen LogP contribution >= 0.6 is 0 Å². The lowest BCUT2D eigenvalue weighted by molar-refractivity contribution is -0.549. The van der Waals surface area contributed by atoms with E-state index in [2.05, 4.69) is 9.93 Å². The van der Waals surface area contributed by atoms with Gasteiger partial charge in [0.1, 0.15) is 6.10 Å². The van der Waals surface area contributed by atoms with Gasteiger partial charge in [-0.15, -0.1) is 0 Å². The molecule has 2 heterocycles. The quantitative estimate of drug-likeness (QED) is 0.364. The molecule has 0 bridgehead atoms. The van der Waals surface area contributed by atoms with Crippen LogP contribution in [0.25, 0.3) is 0 Å². The minimum atomic E-state index is 0.157. The summed E-state index contributed by atoms with van der Waals surface area (Å²) in [5.41, 5.74) is 0. The van der Waals surface area contributed by atoms with Gasteiger partial charge in [-0.3, -0.25) is 0 Å². The van der Waals surface area contributed by atoms with E-state index < -0.39 is 0 Å². The average molecular weight is 204 g/mol. The van der Waals surface area contributed by atoms with Crippen molar-refractivity contribution in [3.05, 3.63) is 0 Å². The summed E-state index contributed by atoms with van der Waals surface area (Å²) in [5.74, 6) is 0. The van der Waals surface area contributed by atoms with Crippen molar-refractivity contribution in [2.24, 2.45) is 0 Å². The Morgan fingerprint density at radius 2 is 2.21 bits per heavy atom. The molecule has 2 fully saturated rings. The lowest BCUT2D eigenvalue weighted by Gasteiger charge is -2.19. The number of hydrogen-bond acceptors (Lipinski definition) is 5. The summed E-state index contributed by atoms with van der Waals surface area (Å²) in [5, 5.41) is 4.43. The molecular weight excluding hydrogens is 188 g/mol. The largest absolute Gasteiger partial charge is 0.379 e. The van der Waals surface area contributed by atoms with Crippen LogP contribution in [-0.2, 0) is 24.3 Å². The molecule has 0 aromatic carbocycles. The zero-order valence-corrected chi connectivity index (χ0v) is 8.15. The van der Waals surface area contributed by atoms with E-state index in [9.17, 15) is 0 Å². The second kappa shape index (κ2) is 5.63. The van der Waals surface area contributed by atoms with Gasteiger partial charge in [0.15, 0.2) is 0 Å². The molecule has 14 heavy (non-hydrogen) atoms. The first kappa shape index (κ1) is 10.3. The lowest BCUT2D eigenvalue weighted by atomic mass is 10.1. The third kappa shape index (κ3) is 3.89. The van der Waals surface area contributed by atoms with E-state index in [1.807, 2.05) is 0 Å². The highest BCUT2D eigenvalue weighted by molar-refractivity contribution is 4.67. The smallest absolute Gasteiger partial charge is 0.104 e. The van der Waals surface area contributed by atoms with Crippen molar-refractivity contribution in [3.8, 4) is 0 Å². The first-order chi connectivity index (χ1) is 6.95. The Morgan fingerprint density at radius 1 is 1.29 bits per heavy atom. The van der Waals surface area contributed by atoms with Gasteiger partial charge in [0, 0.05) is 13.0 Å². The fraction of sp³-hybridized carbons (Fsp3) is 1.00. The van der Waals surface area contributed by atoms with Gasteiger partial charge in [0.25, 0.3) is 0 Å². The molecule has 0 amide bonds. The van der Waals surface area contributed by atoms with E-state index in [0.29, 0.717) is 12.7 Å². The summed E-state index contributed by atoms with van der Waals surface area (Å²) in [4.78, 5) is 9.51. The Morgan fingerprint density at radius 3 is 2.93 bits per heavy atom. The van der Waals surface area contributed by atoms with Crippen molar-refractivity contribution in [3.63, 3.8) is 0 Å². The molecule has 0 aromatic heterocycles. The monoisotopic (exact) mass is 204 g/mol. The van der Waals surface area contributed by atoms with Gasteiger partial charge in [-0.1, -0.05) is 5.04 Å². The molecule has 0 N–H and O–H groups in total. The summed E-state index contributed by atoms with van der Waals surface area (Å²) in [6, 6.07) is 0. The Kier molecular flexibility index (Phi) is 4.15. The summed E-state index contributed by atoms with van der Waals surface area (Å²) < 4.78 is 10.4. The second-order valence-corrected chi connectivity index (χ2v) is 3.57. The zero-order valence-electron chi connectivity index (χ0n) is 8.15. The minimum Gasteiger partial charge on any atom is -0.379 e. The van der Waals surface area contributed by atoms with E-state index >= 15 is 0 Å². The predicted octanol–water partition coefficient (Wildman–Crippen LogP) is 0.834. The molecule has 0 spiro atoms. The molecule has 0 aromatic rings. The van der Waals surface area contributed by atoms with Crippen LogP contribution in [-0.4, -0.2) is 38.6 Å². The maximum atomic E-state index is 5.40. The molecule has 2 aliphatic heterocycles. The van der Waals surface area contributed by atoms with Crippen LogP contribution in [0, 0.1) is 0 Å². The highest BCUT2D eigenvalue weighted by Gasteiger charge is 2.22. The summed E-state index contributed by atoms with van der Waals surface area (Å²) in [6.07, 6.45) is 3.35. The van der Waals surface area contributed by atoms with Gasteiger partial charge in [-0.2, -0.15) is 0 Å². The maximum absolute atomic E-state index is 5.40. The molecule has 5 nitrogen and oxygen atoms in total. The van der Waals surface area contributed by atoms with E-state index in [0.717, 1.165) is 39.1 Å². The van der Waals surface area contributed by atoms with Gasteiger partial charge in [0.05, 0.1) is 25.9 Å². The fourth-order valence-electron chi connectivity index (χ4n) is 1.33. The predicted molar refractivity (Wildman–Crippen MR) is 46.3 cm³/mol. The fourth-order valence-corrected chi connectivity index (χ4v) is 1.33. The van der Waals surface area contributed by atoms with Crippen LogP contribution in [0.15, 0.2) is 0 Å². The molecule has 0 aliphatic carbocycles. The third-order valence-electron chi connectivity index (χ3n) is 2.27. The molecule has 2 unspecified atom stereocenters. The second-order valence-electron chi connectivity index (χ2n) is 3.57. The number of ether oxygens (including phenoxy) is 2. The Balaban J connectivity index is 1.41. The van der Waals surface area contributed by atoms with Crippen LogP contribution in [0.2, 0.25) is 0 Å². The average Bonchev–Trinajstić information content (AvgIpc) is 3.03. The van der Waals surface area contributed by atoms with Crippen LogP contribution in [0.3, 0.4) is 0 Å². The first-order valence-corrected chi connectivity index (χ1v) is 5.09. The maximum Gasteiger partial charge on any atom is 0.104 e. The van der Waals surface area contributed by atoms with E-state index in [1.165, 1.54) is 0 Å². The molecule has 2 aliphatic rings. The van der Waals surface area contributed by atoms with Crippen molar-refractivity contribution >= 4 is 0 Å². The van der Waals surface area contributed by atoms with Crippen molar-refractivity contribution in [1.29, 1.82) is 0 Å². The van der Waals surface area contributed by atoms with Crippen molar-refractivity contribution in [2.45, 2.75) is 31.5 Å². The van der Waals surface area contributed by atoms with Crippen LogP contribution in [0.5, 0.6) is 0 Å². The van der Waals surface area contributed by atoms with E-state index in [4.69, 9.17) is 14.4 Å². The van der Waals surface area contributed by atoms with Crippen molar-refractivity contribution in [1.82, 2.24) is 0 Å². The highest BCUT2D eigenvalue weighted by atomic mass is 17.5. The molecule has 2 rings (SSSR count). The standard InChI is InChI=1S/C9H16O5/c1(4-10-6-9-7-11-9)2-8-3-5-12-14-13-8/h8-9H,1-7H2. The zero-order chi connectivity index (χ0) is 9.64. The highest BCUT2D eigenvalue weighted by Crippen LogP contribution is 2.13. The summed E-state index contributed by atoms with van der Waals surface area (Å²) >= 11 is 0. The van der Waals surface area contributed by atoms with Crippen molar-refractivity contribution in [2.75, 3.05) is 26.4 Å². The molecule has 0 radical (unpaired) electrons.